The lowest BCUT2D eigenvalue weighted by Gasteiger charge is -1.86. The summed E-state index contributed by atoms with van der Waals surface area (Å²) >= 11 is 0. The number of rotatable bonds is 3. The van der Waals surface area contributed by atoms with Crippen molar-refractivity contribution in [3.05, 3.63) is 11.6 Å². The number of allylic oxidation sites excluding steroid dienone is 2. The molecule has 0 aromatic carbocycles. The molecule has 54 valence electrons. The van der Waals surface area contributed by atoms with Crippen molar-refractivity contribution in [2.75, 3.05) is 6.54 Å². The monoisotopic (exact) mass is 135 g/mol. The van der Waals surface area contributed by atoms with E-state index in [1.54, 1.807) is 0 Å². The van der Waals surface area contributed by atoms with E-state index in [4.69, 9.17) is 6.42 Å². The lowest BCUT2D eigenvalue weighted by atomic mass is 10.2. The predicted molar refractivity (Wildman–Crippen MR) is 46.2 cm³/mol. The Balaban J connectivity index is 3.72. The van der Waals surface area contributed by atoms with Gasteiger partial charge in [-0.25, -0.2) is 0 Å². The first-order valence-electron chi connectivity index (χ1n) is 3.41. The summed E-state index contributed by atoms with van der Waals surface area (Å²) < 4.78 is 0. The highest BCUT2D eigenvalue weighted by atomic mass is 14.7. The minimum Gasteiger partial charge on any atom is -0.293 e. The molecule has 0 rings (SSSR count). The molecular formula is C9H13N. The van der Waals surface area contributed by atoms with Gasteiger partial charge in [0.15, 0.2) is 0 Å². The maximum Gasteiger partial charge on any atom is 0.0361 e. The van der Waals surface area contributed by atoms with Gasteiger partial charge < -0.3 is 0 Å². The van der Waals surface area contributed by atoms with E-state index in [0.717, 1.165) is 12.1 Å². The Morgan fingerprint density at radius 1 is 1.70 bits per heavy atom. The molecule has 0 radical (unpaired) electrons. The Hall–Kier alpha value is -1.03. The first kappa shape index (κ1) is 8.97. The topological polar surface area (TPSA) is 12.4 Å². The molecule has 0 aliphatic carbocycles. The third-order valence-corrected chi connectivity index (χ3v) is 1.02. The zero-order valence-electron chi connectivity index (χ0n) is 6.59. The highest BCUT2D eigenvalue weighted by molar-refractivity contribution is 5.77. The second kappa shape index (κ2) is 6.10. The highest BCUT2D eigenvalue weighted by Gasteiger charge is 1.78. The summed E-state index contributed by atoms with van der Waals surface area (Å²) in [6, 6.07) is 0. The van der Waals surface area contributed by atoms with Crippen LogP contribution in [0.25, 0.3) is 0 Å². The normalized spacial score (nSPS) is 11.9. The zero-order chi connectivity index (χ0) is 7.82. The van der Waals surface area contributed by atoms with E-state index in [0.29, 0.717) is 6.42 Å². The first-order chi connectivity index (χ1) is 4.81. The molecule has 0 aromatic heterocycles. The van der Waals surface area contributed by atoms with E-state index in [1.165, 1.54) is 0 Å². The average Bonchev–Trinajstić information content (AvgIpc) is 1.97. The number of hydrogen-bond donors (Lipinski definition) is 0. The van der Waals surface area contributed by atoms with Crippen LogP contribution in [0, 0.1) is 12.3 Å². The van der Waals surface area contributed by atoms with Gasteiger partial charge in [-0.05, 0) is 19.4 Å². The number of aliphatic imine (C=N–C) groups is 1. The Morgan fingerprint density at radius 3 is 2.90 bits per heavy atom. The van der Waals surface area contributed by atoms with Crippen molar-refractivity contribution >= 4 is 6.21 Å². The zero-order valence-corrected chi connectivity index (χ0v) is 6.59. The molecule has 0 heterocycles. The number of nitrogens with zero attached hydrogens (tertiary/aromatic N) is 1. The van der Waals surface area contributed by atoms with Gasteiger partial charge in [0.05, 0.1) is 0 Å². The molecule has 10 heavy (non-hydrogen) atoms. The summed E-state index contributed by atoms with van der Waals surface area (Å²) in [5, 5.41) is 0. The molecular weight excluding hydrogens is 122 g/mol. The summed E-state index contributed by atoms with van der Waals surface area (Å²) in [5.41, 5.74) is 1.14. The summed E-state index contributed by atoms with van der Waals surface area (Å²) in [6.45, 7) is 4.84. The van der Waals surface area contributed by atoms with Crippen molar-refractivity contribution in [1.82, 2.24) is 0 Å². The van der Waals surface area contributed by atoms with Gasteiger partial charge in [0.25, 0.3) is 0 Å². The molecule has 0 bridgehead atoms. The second-order valence-electron chi connectivity index (χ2n) is 1.98. The maximum atomic E-state index is 5.07. The maximum absolute atomic E-state index is 5.07. The number of terminal acetylenes is 1. The fourth-order valence-electron chi connectivity index (χ4n) is 0.508. The third-order valence-electron chi connectivity index (χ3n) is 1.02. The molecule has 0 unspecified atom stereocenters. The standard InChI is InChI=1S/C9H13N/c1-4-6-7-9(3)8-10-5-2/h1,7-8H,5-6H2,2-3H3/b9-7-,10-8-. The quantitative estimate of drug-likeness (QED) is 0.415. The smallest absolute Gasteiger partial charge is 0.0361 e. The lowest BCUT2D eigenvalue weighted by molar-refractivity contribution is 1.14. The van der Waals surface area contributed by atoms with Gasteiger partial charge in [0, 0.05) is 19.2 Å². The van der Waals surface area contributed by atoms with Crippen LogP contribution in [-0.4, -0.2) is 12.8 Å². The fourth-order valence-corrected chi connectivity index (χ4v) is 0.508. The second-order valence-corrected chi connectivity index (χ2v) is 1.98. The highest BCUT2D eigenvalue weighted by Crippen LogP contribution is 1.90. The van der Waals surface area contributed by atoms with Crippen LogP contribution < -0.4 is 0 Å². The molecule has 0 fully saturated rings. The summed E-state index contributed by atoms with van der Waals surface area (Å²) in [5.74, 6) is 2.54. The van der Waals surface area contributed by atoms with Crippen molar-refractivity contribution in [3.63, 3.8) is 0 Å². The van der Waals surface area contributed by atoms with Gasteiger partial charge in [-0.15, -0.1) is 12.3 Å². The van der Waals surface area contributed by atoms with Gasteiger partial charge >= 0.3 is 0 Å². The van der Waals surface area contributed by atoms with Crippen LogP contribution in [0.4, 0.5) is 0 Å². The van der Waals surface area contributed by atoms with E-state index >= 15 is 0 Å². The van der Waals surface area contributed by atoms with Crippen LogP contribution in [0.1, 0.15) is 20.3 Å². The van der Waals surface area contributed by atoms with Crippen LogP contribution in [-0.2, 0) is 0 Å². The molecule has 0 amide bonds. The van der Waals surface area contributed by atoms with Crippen molar-refractivity contribution in [2.24, 2.45) is 4.99 Å². The van der Waals surface area contributed by atoms with Gasteiger partial charge in [-0.1, -0.05) is 6.08 Å². The molecule has 0 spiro atoms. The van der Waals surface area contributed by atoms with Crippen molar-refractivity contribution in [2.45, 2.75) is 20.3 Å². The fraction of sp³-hybridized carbons (Fsp3) is 0.444. The molecule has 0 aromatic rings. The van der Waals surface area contributed by atoms with E-state index < -0.39 is 0 Å². The van der Waals surface area contributed by atoms with Gasteiger partial charge in [0.2, 0.25) is 0 Å². The Bertz CT molecular complexity index is 170. The largest absolute Gasteiger partial charge is 0.293 e. The van der Waals surface area contributed by atoms with Crippen LogP contribution >= 0.6 is 0 Å². The Morgan fingerprint density at radius 2 is 2.40 bits per heavy atom. The molecule has 0 aliphatic heterocycles. The van der Waals surface area contributed by atoms with Crippen molar-refractivity contribution in [3.8, 4) is 12.3 Å². The van der Waals surface area contributed by atoms with E-state index in [9.17, 15) is 0 Å². The van der Waals surface area contributed by atoms with Crippen molar-refractivity contribution < 1.29 is 0 Å². The molecule has 1 nitrogen and oxygen atoms in total. The summed E-state index contributed by atoms with van der Waals surface area (Å²) in [7, 11) is 0. The SMILES string of the molecule is C#CC/C=C(C)\C=N/CC. The lowest BCUT2D eigenvalue weighted by Crippen LogP contribution is -1.78. The first-order valence-corrected chi connectivity index (χ1v) is 3.41. The minimum atomic E-state index is 0.696. The van der Waals surface area contributed by atoms with Crippen molar-refractivity contribution in [1.29, 1.82) is 0 Å². The van der Waals surface area contributed by atoms with E-state index in [2.05, 4.69) is 10.9 Å². The van der Waals surface area contributed by atoms with Gasteiger partial charge in [-0.3, -0.25) is 4.99 Å². The van der Waals surface area contributed by atoms with Crippen LogP contribution in [0.5, 0.6) is 0 Å². The predicted octanol–water partition coefficient (Wildman–Crippen LogP) is 2.05. The Labute approximate surface area is 62.9 Å². The van der Waals surface area contributed by atoms with Gasteiger partial charge in [0.1, 0.15) is 0 Å². The van der Waals surface area contributed by atoms with E-state index in [1.807, 2.05) is 26.1 Å². The molecule has 0 atom stereocenters. The summed E-state index contributed by atoms with van der Waals surface area (Å²) in [6.07, 6.45) is 9.59. The van der Waals surface area contributed by atoms with Gasteiger partial charge in [-0.2, -0.15) is 0 Å². The van der Waals surface area contributed by atoms with E-state index in [-0.39, 0.29) is 0 Å². The van der Waals surface area contributed by atoms with Crippen LogP contribution in [0.15, 0.2) is 16.6 Å². The average molecular weight is 135 g/mol. The molecule has 0 saturated heterocycles. The molecule has 0 N–H and O–H groups in total. The minimum absolute atomic E-state index is 0.696. The molecule has 1 heteroatoms. The van der Waals surface area contributed by atoms with Crippen LogP contribution in [0.2, 0.25) is 0 Å². The molecule has 0 saturated carbocycles. The summed E-state index contributed by atoms with van der Waals surface area (Å²) in [4.78, 5) is 4.06. The third kappa shape index (κ3) is 5.11. The number of hydrogen-bond acceptors (Lipinski definition) is 1. The molecule has 0 aliphatic rings. The van der Waals surface area contributed by atoms with Crippen LogP contribution in [0.3, 0.4) is 0 Å². The Kier molecular flexibility index (Phi) is 5.47.